The van der Waals surface area contributed by atoms with Gasteiger partial charge >= 0.3 is 0 Å². The van der Waals surface area contributed by atoms with Gasteiger partial charge in [0.1, 0.15) is 10.3 Å². The van der Waals surface area contributed by atoms with E-state index < -0.39 is 22.1 Å². The fourth-order valence-electron chi connectivity index (χ4n) is 0.659. The van der Waals surface area contributed by atoms with Crippen LogP contribution in [-0.2, 0) is 9.59 Å². The molecule has 0 saturated carbocycles. The molecule has 3 nitrogen and oxygen atoms in total. The monoisotopic (exact) mass is 181 g/mol. The molecule has 0 aromatic rings. The second-order valence-corrected chi connectivity index (χ2v) is 3.48. The molecule has 0 bridgehead atoms. The van der Waals surface area contributed by atoms with Crippen LogP contribution < -0.4 is 5.32 Å². The van der Waals surface area contributed by atoms with Gasteiger partial charge in [0, 0.05) is 0 Å². The Kier molecular flexibility index (Phi) is 1.65. The fraction of sp³-hybridized carbons (Fsp3) is 0.600. The Bertz CT molecular complexity index is 202. The molecule has 1 rings (SSSR count). The van der Waals surface area contributed by atoms with Crippen LogP contribution in [0.1, 0.15) is 6.92 Å². The van der Waals surface area contributed by atoms with E-state index in [9.17, 15) is 9.59 Å². The van der Waals surface area contributed by atoms with E-state index in [1.165, 1.54) is 6.92 Å². The number of carbonyl (C=O) groups excluding carboxylic acids is 2. The van der Waals surface area contributed by atoms with Gasteiger partial charge in [-0.05, 0) is 6.92 Å². The second kappa shape index (κ2) is 2.10. The van der Waals surface area contributed by atoms with Gasteiger partial charge in [0.05, 0.1) is 0 Å². The number of carbonyl (C=O) groups is 2. The van der Waals surface area contributed by atoms with Gasteiger partial charge in [-0.1, -0.05) is 0 Å². The van der Waals surface area contributed by atoms with E-state index in [0.717, 1.165) is 0 Å². The van der Waals surface area contributed by atoms with Crippen molar-refractivity contribution in [2.75, 3.05) is 0 Å². The molecular formula is C5H5Cl2NO2. The molecule has 2 atom stereocenters. The molecule has 0 spiro atoms. The molecule has 1 aliphatic rings. The summed E-state index contributed by atoms with van der Waals surface area (Å²) in [6.07, 6.45) is 0. The molecule has 1 heterocycles. The first-order valence-corrected chi connectivity index (χ1v) is 3.46. The molecule has 5 heteroatoms. The second-order valence-electron chi connectivity index (χ2n) is 2.26. The van der Waals surface area contributed by atoms with Gasteiger partial charge in [-0.15, -0.1) is 23.2 Å². The zero-order valence-corrected chi connectivity index (χ0v) is 6.66. The summed E-state index contributed by atoms with van der Waals surface area (Å²) in [6.45, 7) is 1.41. The highest BCUT2D eigenvalue weighted by Gasteiger charge is 2.49. The Labute approximate surface area is 67.7 Å². The van der Waals surface area contributed by atoms with Crippen molar-refractivity contribution in [1.82, 2.24) is 5.32 Å². The molecule has 10 heavy (non-hydrogen) atoms. The van der Waals surface area contributed by atoms with Crippen molar-refractivity contribution in [3.05, 3.63) is 0 Å². The number of alkyl halides is 2. The van der Waals surface area contributed by atoms with Crippen molar-refractivity contribution < 1.29 is 9.59 Å². The van der Waals surface area contributed by atoms with E-state index in [2.05, 4.69) is 0 Å². The highest BCUT2D eigenvalue weighted by molar-refractivity contribution is 6.50. The average Bonchev–Trinajstić information content (AvgIpc) is 1.97. The lowest BCUT2D eigenvalue weighted by Crippen LogP contribution is -2.33. The zero-order valence-electron chi connectivity index (χ0n) is 5.15. The summed E-state index contributed by atoms with van der Waals surface area (Å²) in [5.74, 6) is -1.05. The maximum Gasteiger partial charge on any atom is 0.249 e. The third kappa shape index (κ3) is 0.896. The first-order valence-electron chi connectivity index (χ1n) is 2.64. The van der Waals surface area contributed by atoms with E-state index in [0.29, 0.717) is 0 Å². The third-order valence-electron chi connectivity index (χ3n) is 1.39. The summed E-state index contributed by atoms with van der Waals surface area (Å²) < 4.78 is 0. The third-order valence-corrected chi connectivity index (χ3v) is 2.52. The molecular weight excluding hydrogens is 177 g/mol. The van der Waals surface area contributed by atoms with Crippen molar-refractivity contribution in [2.45, 2.75) is 17.2 Å². The largest absolute Gasteiger partial charge is 0.293 e. The fourth-order valence-corrected chi connectivity index (χ4v) is 0.959. The van der Waals surface area contributed by atoms with Gasteiger partial charge in [-0.3, -0.25) is 14.9 Å². The lowest BCUT2D eigenvalue weighted by atomic mass is 10.1. The van der Waals surface area contributed by atoms with E-state index >= 15 is 0 Å². The van der Waals surface area contributed by atoms with Crippen LogP contribution in [0.2, 0.25) is 0 Å². The Hall–Kier alpha value is -0.280. The molecule has 0 aliphatic carbocycles. The number of hydrogen-bond acceptors (Lipinski definition) is 2. The summed E-state index contributed by atoms with van der Waals surface area (Å²) in [6, 6.07) is 0. The highest BCUT2D eigenvalue weighted by atomic mass is 35.5. The van der Waals surface area contributed by atoms with Gasteiger partial charge in [-0.2, -0.15) is 0 Å². The van der Waals surface area contributed by atoms with Crippen molar-refractivity contribution in [1.29, 1.82) is 0 Å². The Morgan fingerprint density at radius 3 is 2.20 bits per heavy atom. The van der Waals surface area contributed by atoms with E-state index in [-0.39, 0.29) is 0 Å². The number of imide groups is 1. The van der Waals surface area contributed by atoms with Crippen molar-refractivity contribution in [3.63, 3.8) is 0 Å². The first-order chi connectivity index (χ1) is 4.46. The van der Waals surface area contributed by atoms with Crippen LogP contribution >= 0.6 is 23.2 Å². The number of amides is 2. The van der Waals surface area contributed by atoms with Crippen molar-refractivity contribution in [2.24, 2.45) is 0 Å². The summed E-state index contributed by atoms with van der Waals surface area (Å²) in [7, 11) is 0. The summed E-state index contributed by atoms with van der Waals surface area (Å²) in [5.41, 5.74) is 0. The number of rotatable bonds is 0. The van der Waals surface area contributed by atoms with Crippen LogP contribution in [0.5, 0.6) is 0 Å². The lowest BCUT2D eigenvalue weighted by molar-refractivity contribution is -0.125. The number of halogens is 2. The van der Waals surface area contributed by atoms with Crippen LogP contribution in [0.4, 0.5) is 0 Å². The van der Waals surface area contributed by atoms with E-state index in [1.807, 2.05) is 5.32 Å². The summed E-state index contributed by atoms with van der Waals surface area (Å²) in [4.78, 5) is 20.1. The molecule has 56 valence electrons. The standard InChI is InChI=1S/C5H5Cl2NO2/c1-5(7)2(6)3(9)8-4(5)10/h2H,1H3,(H,8,9,10)/t2-,5+/m1/s1. The number of nitrogens with one attached hydrogen (secondary N) is 1. The maximum absolute atomic E-state index is 10.8. The maximum atomic E-state index is 10.8. The minimum Gasteiger partial charge on any atom is -0.293 e. The molecule has 1 aliphatic heterocycles. The van der Waals surface area contributed by atoms with Crippen LogP contribution in [0.25, 0.3) is 0 Å². The van der Waals surface area contributed by atoms with Gasteiger partial charge in [0.2, 0.25) is 11.8 Å². The molecule has 1 fully saturated rings. The minimum atomic E-state index is -1.28. The normalized spacial score (nSPS) is 40.1. The van der Waals surface area contributed by atoms with Gasteiger partial charge in [0.25, 0.3) is 0 Å². The lowest BCUT2D eigenvalue weighted by Gasteiger charge is -2.11. The van der Waals surface area contributed by atoms with Gasteiger partial charge in [-0.25, -0.2) is 0 Å². The predicted octanol–water partition coefficient (Wildman–Crippen LogP) is 0.248. The van der Waals surface area contributed by atoms with Crippen LogP contribution in [0, 0.1) is 0 Å². The Morgan fingerprint density at radius 2 is 2.10 bits per heavy atom. The van der Waals surface area contributed by atoms with E-state index in [4.69, 9.17) is 23.2 Å². The molecule has 1 N–H and O–H groups in total. The van der Waals surface area contributed by atoms with Gasteiger partial charge < -0.3 is 0 Å². The van der Waals surface area contributed by atoms with Crippen molar-refractivity contribution >= 4 is 35.0 Å². The average molecular weight is 182 g/mol. The smallest absolute Gasteiger partial charge is 0.249 e. The Balaban J connectivity index is 2.96. The first kappa shape index (κ1) is 7.82. The predicted molar refractivity (Wildman–Crippen MR) is 37.0 cm³/mol. The minimum absolute atomic E-state index is 0.524. The molecule has 0 aromatic heterocycles. The molecule has 1 saturated heterocycles. The quantitative estimate of drug-likeness (QED) is 0.431. The van der Waals surface area contributed by atoms with Crippen LogP contribution in [-0.4, -0.2) is 22.1 Å². The number of hydrogen-bond donors (Lipinski definition) is 1. The van der Waals surface area contributed by atoms with E-state index in [1.54, 1.807) is 0 Å². The topological polar surface area (TPSA) is 46.2 Å². The van der Waals surface area contributed by atoms with Crippen LogP contribution in [0.3, 0.4) is 0 Å². The van der Waals surface area contributed by atoms with Crippen LogP contribution in [0.15, 0.2) is 0 Å². The van der Waals surface area contributed by atoms with Gasteiger partial charge in [0.15, 0.2) is 0 Å². The molecule has 0 radical (unpaired) electrons. The van der Waals surface area contributed by atoms with Crippen molar-refractivity contribution in [3.8, 4) is 0 Å². The SMILES string of the molecule is C[C@@]1(Cl)C(=O)NC(=O)[C@H]1Cl. The zero-order chi connectivity index (χ0) is 7.94. The Morgan fingerprint density at radius 1 is 1.60 bits per heavy atom. The molecule has 0 aromatic carbocycles. The summed E-state index contributed by atoms with van der Waals surface area (Å²) in [5, 5.41) is 1.06. The highest BCUT2D eigenvalue weighted by Crippen LogP contribution is 2.28. The molecule has 0 unspecified atom stereocenters. The summed E-state index contributed by atoms with van der Waals surface area (Å²) >= 11 is 11.1. The molecule has 2 amide bonds.